The van der Waals surface area contributed by atoms with Crippen LogP contribution in [-0.4, -0.2) is 26.4 Å². The molecule has 0 fully saturated rings. The Morgan fingerprint density at radius 2 is 1.57 bits per heavy atom. The highest BCUT2D eigenvalue weighted by Gasteiger charge is 2.17. The molecule has 204 valence electrons. The molecule has 0 radical (unpaired) electrons. The van der Waals surface area contributed by atoms with Crippen LogP contribution < -0.4 is 5.32 Å². The monoisotopic (exact) mass is 534 g/mol. The molecule has 1 N–H and O–H groups in total. The first-order valence-electron chi connectivity index (χ1n) is 13.3. The number of hydrogen-bond acceptors (Lipinski definition) is 4. The molecule has 40 heavy (non-hydrogen) atoms. The van der Waals surface area contributed by atoms with E-state index in [2.05, 4.69) is 97.3 Å². The second-order valence-corrected chi connectivity index (χ2v) is 10.2. The first-order chi connectivity index (χ1) is 19.2. The quantitative estimate of drug-likeness (QED) is 0.253. The summed E-state index contributed by atoms with van der Waals surface area (Å²) in [5.41, 5.74) is 8.92. The number of aromatic nitrogens is 3. The number of nitrogens with zero attached hydrogens (tertiary/aromatic N) is 3. The molecular formula is C33H34N4O3. The van der Waals surface area contributed by atoms with Gasteiger partial charge in [0.15, 0.2) is 0 Å². The van der Waals surface area contributed by atoms with E-state index in [1.54, 1.807) is 0 Å². The normalized spacial score (nSPS) is 11.6. The molecule has 7 heteroatoms. The van der Waals surface area contributed by atoms with Gasteiger partial charge in [-0.05, 0) is 75.1 Å². The van der Waals surface area contributed by atoms with Gasteiger partial charge in [0.1, 0.15) is 0 Å². The summed E-state index contributed by atoms with van der Waals surface area (Å²) < 4.78 is 4.25. The average Bonchev–Trinajstić information content (AvgIpc) is 3.55. The van der Waals surface area contributed by atoms with Crippen molar-refractivity contribution >= 4 is 23.0 Å². The van der Waals surface area contributed by atoms with Crippen molar-refractivity contribution in [2.75, 3.05) is 0 Å². The Morgan fingerprint density at radius 1 is 0.925 bits per heavy atom. The Balaban J connectivity index is 0.00000118. The van der Waals surface area contributed by atoms with Crippen molar-refractivity contribution in [3.63, 3.8) is 0 Å². The lowest BCUT2D eigenvalue weighted by Crippen LogP contribution is -2.26. The van der Waals surface area contributed by atoms with Crippen LogP contribution in [0.4, 0.5) is 0 Å². The Morgan fingerprint density at radius 3 is 2.20 bits per heavy atom. The molecule has 0 aliphatic rings. The van der Waals surface area contributed by atoms with Crippen LogP contribution in [0, 0.1) is 13.8 Å². The van der Waals surface area contributed by atoms with Crippen LogP contribution >= 0.6 is 0 Å². The van der Waals surface area contributed by atoms with Gasteiger partial charge in [0.05, 0.1) is 12.2 Å². The van der Waals surface area contributed by atoms with Crippen molar-refractivity contribution in [2.24, 2.45) is 0 Å². The van der Waals surface area contributed by atoms with E-state index in [0.29, 0.717) is 5.56 Å². The standard InChI is InChI=1S/C32H34N4O.CO2/c1-21(2)36-20-29(18-33-36)23(4)34-32(37)28-15-16-31-30(17-28)22(3)24(5)35(31)19-25-11-13-27(14-12-25)26-9-7-6-8-10-26;2-1-3/h6-18,20-21,23H,19H2,1-5H3,(H,34,37);/t23-;/m0./s1. The molecule has 1 amide bonds. The van der Waals surface area contributed by atoms with E-state index < -0.39 is 0 Å². The number of nitrogens with one attached hydrogen (secondary N) is 1. The molecule has 2 aromatic heterocycles. The topological polar surface area (TPSA) is 86.0 Å². The maximum atomic E-state index is 13.1. The second-order valence-electron chi connectivity index (χ2n) is 10.2. The third kappa shape index (κ3) is 6.11. The number of hydrogen-bond donors (Lipinski definition) is 1. The van der Waals surface area contributed by atoms with Crippen LogP contribution in [0.2, 0.25) is 0 Å². The van der Waals surface area contributed by atoms with Gasteiger partial charge in [-0.1, -0.05) is 54.6 Å². The fourth-order valence-corrected chi connectivity index (χ4v) is 4.83. The predicted molar refractivity (Wildman–Crippen MR) is 156 cm³/mol. The van der Waals surface area contributed by atoms with E-state index in [4.69, 9.17) is 9.59 Å². The van der Waals surface area contributed by atoms with Crippen molar-refractivity contribution in [3.8, 4) is 11.1 Å². The molecule has 3 aromatic carbocycles. The SMILES string of the molecule is Cc1c(C)n(Cc2ccc(-c3ccccc3)cc2)c2ccc(C(=O)N[C@@H](C)c3cnn(C(C)C)c3)cc12.O=C=O. The molecule has 2 heterocycles. The van der Waals surface area contributed by atoms with E-state index in [-0.39, 0.29) is 24.1 Å². The van der Waals surface area contributed by atoms with Crippen LogP contribution in [0.15, 0.2) is 85.2 Å². The molecule has 0 spiro atoms. The second kappa shape index (κ2) is 12.4. The van der Waals surface area contributed by atoms with Gasteiger partial charge in [-0.3, -0.25) is 9.48 Å². The Kier molecular flexibility index (Phi) is 8.77. The third-order valence-electron chi connectivity index (χ3n) is 7.30. The first kappa shape index (κ1) is 28.3. The fourth-order valence-electron chi connectivity index (χ4n) is 4.83. The number of aryl methyl sites for hydroxylation is 1. The molecule has 0 bridgehead atoms. The maximum Gasteiger partial charge on any atom is 0.373 e. The number of carbonyl (C=O) groups is 1. The molecule has 0 aliphatic carbocycles. The molecule has 5 aromatic rings. The summed E-state index contributed by atoms with van der Waals surface area (Å²) >= 11 is 0. The van der Waals surface area contributed by atoms with Crippen LogP contribution in [-0.2, 0) is 16.1 Å². The van der Waals surface area contributed by atoms with E-state index in [0.717, 1.165) is 23.0 Å². The summed E-state index contributed by atoms with van der Waals surface area (Å²) in [7, 11) is 0. The van der Waals surface area contributed by atoms with Crippen molar-refractivity contribution in [3.05, 3.63) is 113 Å². The number of rotatable bonds is 7. The van der Waals surface area contributed by atoms with Crippen LogP contribution in [0.3, 0.4) is 0 Å². The number of fused-ring (bicyclic) bond motifs is 1. The van der Waals surface area contributed by atoms with E-state index in [1.165, 1.54) is 27.9 Å². The highest BCUT2D eigenvalue weighted by atomic mass is 16.2. The lowest BCUT2D eigenvalue weighted by atomic mass is 10.0. The lowest BCUT2D eigenvalue weighted by molar-refractivity contribution is -0.191. The first-order valence-corrected chi connectivity index (χ1v) is 13.3. The minimum atomic E-state index is -0.123. The smallest absolute Gasteiger partial charge is 0.345 e. The van der Waals surface area contributed by atoms with Gasteiger partial charge < -0.3 is 9.88 Å². The Bertz CT molecular complexity index is 1640. The molecule has 7 nitrogen and oxygen atoms in total. The predicted octanol–water partition coefficient (Wildman–Crippen LogP) is 6.66. The average molecular weight is 535 g/mol. The minimum absolute atomic E-state index is 0.0759. The van der Waals surface area contributed by atoms with Gasteiger partial charge in [0.2, 0.25) is 0 Å². The van der Waals surface area contributed by atoms with Crippen molar-refractivity contribution in [2.45, 2.75) is 53.2 Å². The zero-order valence-corrected chi connectivity index (χ0v) is 23.5. The number of amides is 1. The molecule has 0 unspecified atom stereocenters. The van der Waals surface area contributed by atoms with Gasteiger partial charge in [-0.25, -0.2) is 0 Å². The van der Waals surface area contributed by atoms with Crippen LogP contribution in [0.5, 0.6) is 0 Å². The van der Waals surface area contributed by atoms with Crippen molar-refractivity contribution < 1.29 is 14.4 Å². The summed E-state index contributed by atoms with van der Waals surface area (Å²) in [5.74, 6) is -0.0759. The van der Waals surface area contributed by atoms with Crippen molar-refractivity contribution in [1.29, 1.82) is 0 Å². The summed E-state index contributed by atoms with van der Waals surface area (Å²) in [6.45, 7) is 11.2. The lowest BCUT2D eigenvalue weighted by Gasteiger charge is -2.13. The third-order valence-corrected chi connectivity index (χ3v) is 7.30. The van der Waals surface area contributed by atoms with E-state index >= 15 is 0 Å². The summed E-state index contributed by atoms with van der Waals surface area (Å²) in [5, 5.41) is 8.65. The molecule has 0 saturated carbocycles. The summed E-state index contributed by atoms with van der Waals surface area (Å²) in [4.78, 5) is 29.4. The summed E-state index contributed by atoms with van der Waals surface area (Å²) in [6.07, 6.45) is 4.08. The van der Waals surface area contributed by atoms with Gasteiger partial charge in [-0.15, -0.1) is 0 Å². The number of benzene rings is 3. The van der Waals surface area contributed by atoms with Gasteiger partial charge in [-0.2, -0.15) is 14.7 Å². The zero-order valence-electron chi connectivity index (χ0n) is 23.5. The minimum Gasteiger partial charge on any atom is -0.345 e. The molecule has 1 atom stereocenters. The molecule has 0 aliphatic heterocycles. The Hall–Kier alpha value is -4.74. The summed E-state index contributed by atoms with van der Waals surface area (Å²) in [6, 6.07) is 25.4. The van der Waals surface area contributed by atoms with E-state index in [1.807, 2.05) is 42.2 Å². The van der Waals surface area contributed by atoms with Gasteiger partial charge in [0, 0.05) is 46.5 Å². The highest BCUT2D eigenvalue weighted by Crippen LogP contribution is 2.28. The van der Waals surface area contributed by atoms with Crippen molar-refractivity contribution in [1.82, 2.24) is 19.7 Å². The van der Waals surface area contributed by atoms with Crippen LogP contribution in [0.25, 0.3) is 22.0 Å². The molecule has 5 rings (SSSR count). The van der Waals surface area contributed by atoms with Gasteiger partial charge >= 0.3 is 6.15 Å². The largest absolute Gasteiger partial charge is 0.373 e. The molecule has 0 saturated heterocycles. The Labute approximate surface area is 234 Å². The fraction of sp³-hybridized carbons (Fsp3) is 0.242. The number of carbonyl (C=O) groups excluding carboxylic acids is 3. The highest BCUT2D eigenvalue weighted by molar-refractivity contribution is 5.99. The zero-order chi connectivity index (χ0) is 28.8. The maximum absolute atomic E-state index is 13.1. The van der Waals surface area contributed by atoms with Crippen LogP contribution in [0.1, 0.15) is 65.6 Å². The molecular weight excluding hydrogens is 500 g/mol. The van der Waals surface area contributed by atoms with E-state index in [9.17, 15) is 4.79 Å². The van der Waals surface area contributed by atoms with Gasteiger partial charge in [0.25, 0.3) is 5.91 Å².